The van der Waals surface area contributed by atoms with Gasteiger partial charge in [-0.1, -0.05) is 26.0 Å². The Morgan fingerprint density at radius 3 is 2.60 bits per heavy atom. The molecule has 0 bridgehead atoms. The Morgan fingerprint density at radius 2 is 1.95 bits per heavy atom. The summed E-state index contributed by atoms with van der Waals surface area (Å²) in [6, 6.07) is 10.6. The van der Waals surface area contributed by atoms with Gasteiger partial charge in [0, 0.05) is 30.2 Å². The maximum atomic E-state index is 6.02. The van der Waals surface area contributed by atoms with Crippen molar-refractivity contribution in [3.63, 3.8) is 0 Å². The maximum absolute atomic E-state index is 6.02. The summed E-state index contributed by atoms with van der Waals surface area (Å²) in [7, 11) is 2.17. The van der Waals surface area contributed by atoms with E-state index in [0.29, 0.717) is 6.54 Å². The molecule has 3 nitrogen and oxygen atoms in total. The highest BCUT2D eigenvalue weighted by molar-refractivity contribution is 5.78. The quantitative estimate of drug-likeness (QED) is 0.877. The Hall–Kier alpha value is -1.45. The van der Waals surface area contributed by atoms with Gasteiger partial charge < -0.3 is 5.73 Å². The van der Waals surface area contributed by atoms with E-state index >= 15 is 0 Å². The molecule has 0 radical (unpaired) electrons. The third-order valence-corrected chi connectivity index (χ3v) is 4.59. The SMILES string of the molecule is CCC(CC)(CN)N(C)Cc1ccc2ncccc2c1. The molecule has 0 aliphatic rings. The summed E-state index contributed by atoms with van der Waals surface area (Å²) in [6.45, 7) is 6.06. The first-order valence-electron chi connectivity index (χ1n) is 7.40. The molecular formula is C17H25N3. The highest BCUT2D eigenvalue weighted by Crippen LogP contribution is 2.24. The van der Waals surface area contributed by atoms with E-state index in [-0.39, 0.29) is 5.54 Å². The van der Waals surface area contributed by atoms with E-state index in [4.69, 9.17) is 5.73 Å². The van der Waals surface area contributed by atoms with Crippen LogP contribution in [0.25, 0.3) is 10.9 Å². The van der Waals surface area contributed by atoms with Crippen molar-refractivity contribution >= 4 is 10.9 Å². The van der Waals surface area contributed by atoms with Crippen molar-refractivity contribution in [2.24, 2.45) is 5.73 Å². The fourth-order valence-corrected chi connectivity index (χ4v) is 2.90. The molecule has 108 valence electrons. The summed E-state index contributed by atoms with van der Waals surface area (Å²) in [6.07, 6.45) is 3.99. The number of benzene rings is 1. The Labute approximate surface area is 121 Å². The topological polar surface area (TPSA) is 42.1 Å². The first-order valence-corrected chi connectivity index (χ1v) is 7.40. The number of fused-ring (bicyclic) bond motifs is 1. The standard InChI is InChI=1S/C17H25N3/c1-4-17(5-2,13-18)20(3)12-14-8-9-16-15(11-14)7-6-10-19-16/h6-11H,4-5,12-13,18H2,1-3H3. The van der Waals surface area contributed by atoms with Crippen LogP contribution in [-0.4, -0.2) is 29.0 Å². The molecule has 20 heavy (non-hydrogen) atoms. The molecule has 0 unspecified atom stereocenters. The molecule has 0 saturated carbocycles. The van der Waals surface area contributed by atoms with Crippen LogP contribution < -0.4 is 5.73 Å². The van der Waals surface area contributed by atoms with Gasteiger partial charge in [-0.25, -0.2) is 0 Å². The number of nitrogens with two attached hydrogens (primary N) is 1. The highest BCUT2D eigenvalue weighted by Gasteiger charge is 2.29. The van der Waals surface area contributed by atoms with Gasteiger partial charge in [0.1, 0.15) is 0 Å². The van der Waals surface area contributed by atoms with Gasteiger partial charge in [0.05, 0.1) is 5.52 Å². The average molecular weight is 271 g/mol. The second kappa shape index (κ2) is 6.33. The molecule has 2 N–H and O–H groups in total. The number of rotatable bonds is 6. The van der Waals surface area contributed by atoms with Gasteiger partial charge in [-0.05, 0) is 43.7 Å². The largest absolute Gasteiger partial charge is 0.329 e. The van der Waals surface area contributed by atoms with Crippen LogP contribution >= 0.6 is 0 Å². The second-order valence-corrected chi connectivity index (χ2v) is 5.52. The molecule has 0 saturated heterocycles. The van der Waals surface area contributed by atoms with Crippen LogP contribution in [0.2, 0.25) is 0 Å². The van der Waals surface area contributed by atoms with E-state index in [1.807, 2.05) is 12.3 Å². The van der Waals surface area contributed by atoms with Crippen molar-refractivity contribution in [1.82, 2.24) is 9.88 Å². The monoisotopic (exact) mass is 271 g/mol. The van der Waals surface area contributed by atoms with Crippen LogP contribution in [0.4, 0.5) is 0 Å². The lowest BCUT2D eigenvalue weighted by Gasteiger charge is -2.40. The smallest absolute Gasteiger partial charge is 0.0702 e. The summed E-state index contributed by atoms with van der Waals surface area (Å²) in [4.78, 5) is 6.76. The molecular weight excluding hydrogens is 246 g/mol. The summed E-state index contributed by atoms with van der Waals surface area (Å²) >= 11 is 0. The van der Waals surface area contributed by atoms with Gasteiger partial charge in [0.2, 0.25) is 0 Å². The van der Waals surface area contributed by atoms with Crippen LogP contribution in [-0.2, 0) is 6.54 Å². The van der Waals surface area contributed by atoms with Gasteiger partial charge in [-0.3, -0.25) is 9.88 Å². The first kappa shape index (κ1) is 14.9. The zero-order valence-electron chi connectivity index (χ0n) is 12.8. The summed E-state index contributed by atoms with van der Waals surface area (Å²) in [5.74, 6) is 0. The highest BCUT2D eigenvalue weighted by atomic mass is 15.2. The molecule has 2 aromatic rings. The van der Waals surface area contributed by atoms with E-state index in [1.165, 1.54) is 10.9 Å². The molecule has 1 aromatic carbocycles. The lowest BCUT2D eigenvalue weighted by molar-refractivity contribution is 0.108. The fourth-order valence-electron chi connectivity index (χ4n) is 2.90. The predicted octanol–water partition coefficient (Wildman–Crippen LogP) is 3.18. The van der Waals surface area contributed by atoms with Gasteiger partial charge in [-0.2, -0.15) is 0 Å². The summed E-state index contributed by atoms with van der Waals surface area (Å²) < 4.78 is 0. The average Bonchev–Trinajstić information content (AvgIpc) is 2.49. The van der Waals surface area contributed by atoms with Gasteiger partial charge in [-0.15, -0.1) is 0 Å². The molecule has 3 heteroatoms. The zero-order valence-corrected chi connectivity index (χ0v) is 12.8. The Balaban J connectivity index is 2.22. The van der Waals surface area contributed by atoms with Crippen molar-refractivity contribution in [3.8, 4) is 0 Å². The van der Waals surface area contributed by atoms with Crippen molar-refractivity contribution in [3.05, 3.63) is 42.1 Å². The number of pyridine rings is 1. The molecule has 0 aliphatic carbocycles. The number of nitrogens with zero attached hydrogens (tertiary/aromatic N) is 2. The van der Waals surface area contributed by atoms with E-state index in [0.717, 1.165) is 24.9 Å². The van der Waals surface area contributed by atoms with Gasteiger partial charge in [0.15, 0.2) is 0 Å². The number of aromatic nitrogens is 1. The third-order valence-electron chi connectivity index (χ3n) is 4.59. The van der Waals surface area contributed by atoms with E-state index < -0.39 is 0 Å². The predicted molar refractivity (Wildman–Crippen MR) is 85.6 cm³/mol. The maximum Gasteiger partial charge on any atom is 0.0702 e. The van der Waals surface area contributed by atoms with Crippen LogP contribution in [0.1, 0.15) is 32.3 Å². The minimum atomic E-state index is 0.101. The normalized spacial score (nSPS) is 12.2. The minimum absolute atomic E-state index is 0.101. The molecule has 1 aromatic heterocycles. The lowest BCUT2D eigenvalue weighted by Crippen LogP contribution is -2.50. The summed E-state index contributed by atoms with van der Waals surface area (Å²) in [5, 5.41) is 1.20. The Kier molecular flexibility index (Phi) is 4.73. The number of hydrogen-bond acceptors (Lipinski definition) is 3. The molecule has 0 atom stereocenters. The molecule has 1 heterocycles. The number of hydrogen-bond donors (Lipinski definition) is 1. The molecule has 0 fully saturated rings. The zero-order chi connectivity index (χ0) is 14.6. The van der Waals surface area contributed by atoms with Crippen LogP contribution in [0.5, 0.6) is 0 Å². The second-order valence-electron chi connectivity index (χ2n) is 5.52. The third kappa shape index (κ3) is 2.84. The molecule has 0 spiro atoms. The van der Waals surface area contributed by atoms with Crippen molar-refractivity contribution < 1.29 is 0 Å². The molecule has 0 aliphatic heterocycles. The van der Waals surface area contributed by atoms with E-state index in [9.17, 15) is 0 Å². The minimum Gasteiger partial charge on any atom is -0.329 e. The van der Waals surface area contributed by atoms with Crippen LogP contribution in [0.15, 0.2) is 36.5 Å². The summed E-state index contributed by atoms with van der Waals surface area (Å²) in [5.41, 5.74) is 8.49. The molecule has 0 amide bonds. The van der Waals surface area contributed by atoms with Crippen molar-refractivity contribution in [2.75, 3.05) is 13.6 Å². The van der Waals surface area contributed by atoms with Crippen molar-refractivity contribution in [1.29, 1.82) is 0 Å². The van der Waals surface area contributed by atoms with Crippen LogP contribution in [0, 0.1) is 0 Å². The van der Waals surface area contributed by atoms with E-state index in [2.05, 4.69) is 55.0 Å². The lowest BCUT2D eigenvalue weighted by atomic mass is 9.90. The van der Waals surface area contributed by atoms with E-state index in [1.54, 1.807) is 0 Å². The first-order chi connectivity index (χ1) is 9.65. The van der Waals surface area contributed by atoms with Gasteiger partial charge in [0.25, 0.3) is 0 Å². The number of likely N-dealkylation sites (N-methyl/N-ethyl adjacent to an activating group) is 1. The van der Waals surface area contributed by atoms with Crippen molar-refractivity contribution in [2.45, 2.75) is 38.8 Å². The van der Waals surface area contributed by atoms with Gasteiger partial charge >= 0.3 is 0 Å². The molecule has 2 rings (SSSR count). The Morgan fingerprint density at radius 1 is 1.20 bits per heavy atom. The fraction of sp³-hybridized carbons (Fsp3) is 0.471. The van der Waals surface area contributed by atoms with Crippen LogP contribution in [0.3, 0.4) is 0 Å². The Bertz CT molecular complexity index is 553.